The van der Waals surface area contributed by atoms with Crippen molar-refractivity contribution in [2.75, 3.05) is 13.2 Å². The Morgan fingerprint density at radius 2 is 0.957 bits per heavy atom. The summed E-state index contributed by atoms with van der Waals surface area (Å²) in [4.78, 5) is 13.1. The molecule has 1 aliphatic heterocycles. The predicted octanol–water partition coefficient (Wildman–Crippen LogP) is 13.6. The molecule has 70 heavy (non-hydrogen) atoms. The van der Waals surface area contributed by atoms with Gasteiger partial charge in [-0.1, -0.05) is 250 Å². The largest absolute Gasteiger partial charge is 0.397 e. The molecule has 12 nitrogen and oxygen atoms in total. The van der Waals surface area contributed by atoms with Crippen LogP contribution in [0.4, 0.5) is 0 Å². The number of nitrogens with one attached hydrogen (secondary N) is 1. The van der Waals surface area contributed by atoms with Crippen LogP contribution >= 0.6 is 0 Å². The first-order valence-electron chi connectivity index (χ1n) is 29.2. The summed E-state index contributed by atoms with van der Waals surface area (Å²) in [6.07, 6.45) is 49.0. The summed E-state index contributed by atoms with van der Waals surface area (Å²) < 4.78 is 47.9. The van der Waals surface area contributed by atoms with Gasteiger partial charge < -0.3 is 35.2 Å². The van der Waals surface area contributed by atoms with Crippen LogP contribution in [0, 0.1) is 0 Å². The monoisotopic (exact) mass is 1020 g/mol. The van der Waals surface area contributed by atoms with Crippen LogP contribution in [0.1, 0.15) is 277 Å². The van der Waals surface area contributed by atoms with Crippen molar-refractivity contribution < 1.29 is 51.8 Å². The fraction of sp³-hybridized carbons (Fsp3) is 0.912. The highest BCUT2D eigenvalue weighted by molar-refractivity contribution is 7.80. The van der Waals surface area contributed by atoms with E-state index in [2.05, 4.69) is 47.7 Å². The Morgan fingerprint density at radius 3 is 1.36 bits per heavy atom. The maximum atomic E-state index is 13.1. The summed E-state index contributed by atoms with van der Waals surface area (Å²) >= 11 is 0. The highest BCUT2D eigenvalue weighted by atomic mass is 32.3. The van der Waals surface area contributed by atoms with Gasteiger partial charge >= 0.3 is 10.4 Å². The van der Waals surface area contributed by atoms with Gasteiger partial charge in [0.25, 0.3) is 0 Å². The Labute approximate surface area is 429 Å². The number of carbonyl (C=O) groups excluding carboxylic acids is 1. The van der Waals surface area contributed by atoms with Crippen LogP contribution in [0.2, 0.25) is 0 Å². The van der Waals surface area contributed by atoms with E-state index in [1.165, 1.54) is 193 Å². The van der Waals surface area contributed by atoms with E-state index in [4.69, 9.17) is 9.47 Å². The molecular formula is C57H109NO11S. The van der Waals surface area contributed by atoms with E-state index >= 15 is 0 Å². The van der Waals surface area contributed by atoms with Gasteiger partial charge in [-0.25, -0.2) is 4.18 Å². The van der Waals surface area contributed by atoms with Crippen LogP contribution in [0.15, 0.2) is 24.3 Å². The number of carbonyl (C=O) groups is 1. The molecule has 0 radical (unpaired) electrons. The topological polar surface area (TPSA) is 192 Å². The molecule has 0 aromatic carbocycles. The van der Waals surface area contributed by atoms with Gasteiger partial charge in [-0.15, -0.1) is 0 Å². The standard InChI is InChI=1S/C57H109NO11S/c1-3-5-7-9-11-13-15-17-19-21-22-23-24-25-26-27-28-29-30-31-33-35-37-39-41-43-45-47-53(61)58-50(49-67-57-55(63)56(69-70(64,65)66)54(62)52(48-59)68-57)51(60)46-44-42-40-38-36-34-32-20-18-16-14-12-10-8-6-4-2/h22-23,25-26,50-52,54-57,59-60,62-63H,3-21,24,27-49H2,1-2H3,(H,58,61)(H,64,65,66)/b23-22-,26-25-. The lowest BCUT2D eigenvalue weighted by atomic mass is 9.99. The molecule has 1 heterocycles. The predicted molar refractivity (Wildman–Crippen MR) is 287 cm³/mol. The van der Waals surface area contributed by atoms with E-state index in [1.54, 1.807) is 0 Å². The quantitative estimate of drug-likeness (QED) is 0.0193. The molecule has 0 bridgehead atoms. The van der Waals surface area contributed by atoms with Crippen molar-refractivity contribution in [1.82, 2.24) is 5.32 Å². The molecular weight excluding hydrogens is 907 g/mol. The van der Waals surface area contributed by atoms with E-state index < -0.39 is 59.9 Å². The minimum Gasteiger partial charge on any atom is -0.394 e. The first-order chi connectivity index (χ1) is 34.0. The number of aliphatic hydroxyl groups is 4. The lowest BCUT2D eigenvalue weighted by Crippen LogP contribution is -2.61. The number of aliphatic hydroxyl groups excluding tert-OH is 4. The summed E-state index contributed by atoms with van der Waals surface area (Å²) in [6.45, 7) is 3.48. The van der Waals surface area contributed by atoms with Gasteiger partial charge in [-0.05, 0) is 44.9 Å². The Morgan fingerprint density at radius 1 is 0.571 bits per heavy atom. The SMILES string of the molecule is CCCCCCCCCCC/C=C\C/C=C\CCCCCCCCCCCCCC(=O)NC(COC1OC(CO)C(O)C(OS(=O)(=O)O)C1O)C(O)CCCCCCCCCCCCCCCCCC. The zero-order valence-electron chi connectivity index (χ0n) is 44.9. The molecule has 1 saturated heterocycles. The Balaban J connectivity index is 2.32. The molecule has 0 aromatic rings. The van der Waals surface area contributed by atoms with Crippen molar-refractivity contribution in [1.29, 1.82) is 0 Å². The van der Waals surface area contributed by atoms with Crippen molar-refractivity contribution in [3.63, 3.8) is 0 Å². The van der Waals surface area contributed by atoms with Gasteiger partial charge in [0.15, 0.2) is 6.29 Å². The molecule has 0 saturated carbocycles. The highest BCUT2D eigenvalue weighted by Crippen LogP contribution is 2.26. The second-order valence-electron chi connectivity index (χ2n) is 20.6. The zero-order valence-corrected chi connectivity index (χ0v) is 45.7. The molecule has 0 aromatic heterocycles. The summed E-state index contributed by atoms with van der Waals surface area (Å²) in [5.74, 6) is -0.229. The van der Waals surface area contributed by atoms with E-state index in [-0.39, 0.29) is 12.5 Å². The molecule has 1 aliphatic rings. The lowest BCUT2D eigenvalue weighted by Gasteiger charge is -2.41. The van der Waals surface area contributed by atoms with Gasteiger partial charge in [0, 0.05) is 6.42 Å². The number of unbranched alkanes of at least 4 members (excludes halogenated alkanes) is 35. The van der Waals surface area contributed by atoms with E-state index in [0.717, 1.165) is 51.4 Å². The van der Waals surface area contributed by atoms with Gasteiger partial charge in [0.1, 0.15) is 24.4 Å². The summed E-state index contributed by atoms with van der Waals surface area (Å²) in [6, 6.07) is -0.858. The molecule has 0 spiro atoms. The fourth-order valence-electron chi connectivity index (χ4n) is 9.49. The molecule has 414 valence electrons. The van der Waals surface area contributed by atoms with Crippen molar-refractivity contribution in [3.05, 3.63) is 24.3 Å². The molecule has 1 fully saturated rings. The molecule has 0 aliphatic carbocycles. The minimum atomic E-state index is -5.08. The van der Waals surface area contributed by atoms with Crippen LogP contribution in [0.25, 0.3) is 0 Å². The molecule has 6 N–H and O–H groups in total. The number of amides is 1. The maximum absolute atomic E-state index is 13.1. The molecule has 7 atom stereocenters. The van der Waals surface area contributed by atoms with Crippen molar-refractivity contribution in [3.8, 4) is 0 Å². The van der Waals surface area contributed by atoms with Gasteiger partial charge in [-0.3, -0.25) is 9.35 Å². The maximum Gasteiger partial charge on any atom is 0.397 e. The minimum absolute atomic E-state index is 0.229. The third-order valence-electron chi connectivity index (χ3n) is 14.0. The van der Waals surface area contributed by atoms with Crippen molar-refractivity contribution in [2.45, 2.75) is 320 Å². The van der Waals surface area contributed by atoms with Crippen molar-refractivity contribution >= 4 is 16.3 Å². The average Bonchev–Trinajstić information content (AvgIpc) is 3.33. The van der Waals surface area contributed by atoms with Crippen molar-refractivity contribution in [2.24, 2.45) is 0 Å². The van der Waals surface area contributed by atoms with Crippen LogP contribution in [-0.2, 0) is 28.9 Å². The summed E-state index contributed by atoms with van der Waals surface area (Å²) in [5, 5.41) is 45.1. The first-order valence-corrected chi connectivity index (χ1v) is 30.6. The van der Waals surface area contributed by atoms with Gasteiger partial charge in [0.2, 0.25) is 5.91 Å². The molecule has 1 amide bonds. The number of rotatable bonds is 51. The Kier molecular flexibility index (Phi) is 45.0. The highest BCUT2D eigenvalue weighted by Gasteiger charge is 2.48. The molecule has 7 unspecified atom stereocenters. The van der Waals surface area contributed by atoms with E-state index in [0.29, 0.717) is 19.3 Å². The van der Waals surface area contributed by atoms with Crippen LogP contribution in [-0.4, -0.2) is 95.4 Å². The number of ether oxygens (including phenoxy) is 2. The third kappa shape index (κ3) is 39.1. The van der Waals surface area contributed by atoms with Crippen LogP contribution < -0.4 is 5.32 Å². The smallest absolute Gasteiger partial charge is 0.394 e. The second-order valence-corrected chi connectivity index (χ2v) is 21.6. The zero-order chi connectivity index (χ0) is 51.2. The summed E-state index contributed by atoms with van der Waals surface area (Å²) in [7, 11) is -5.08. The van der Waals surface area contributed by atoms with Crippen LogP contribution in [0.5, 0.6) is 0 Å². The molecule has 13 heteroatoms. The summed E-state index contributed by atoms with van der Waals surface area (Å²) in [5.41, 5.74) is 0. The fourth-order valence-corrected chi connectivity index (χ4v) is 10.0. The number of hydrogen-bond acceptors (Lipinski definition) is 10. The third-order valence-corrected chi connectivity index (χ3v) is 14.5. The van der Waals surface area contributed by atoms with Gasteiger partial charge in [-0.2, -0.15) is 8.42 Å². The second kappa shape index (κ2) is 47.3. The lowest BCUT2D eigenvalue weighted by molar-refractivity contribution is -0.298. The Hall–Kier alpha value is -1.42. The van der Waals surface area contributed by atoms with E-state index in [9.17, 15) is 38.2 Å². The Bertz CT molecular complexity index is 1330. The normalized spacial score (nSPS) is 19.7. The number of hydrogen-bond donors (Lipinski definition) is 6. The molecule has 1 rings (SSSR count). The van der Waals surface area contributed by atoms with Crippen LogP contribution in [0.3, 0.4) is 0 Å². The van der Waals surface area contributed by atoms with Gasteiger partial charge in [0.05, 0.1) is 25.4 Å². The number of allylic oxidation sites excluding steroid dienone is 4. The van der Waals surface area contributed by atoms with E-state index in [1.807, 2.05) is 0 Å². The first kappa shape index (κ1) is 66.6. The average molecular weight is 1020 g/mol.